The number of carbonyl (C=O) groups excluding carboxylic acids is 1. The van der Waals surface area contributed by atoms with Crippen molar-refractivity contribution < 1.29 is 9.90 Å². The maximum absolute atomic E-state index is 12.1. The van der Waals surface area contributed by atoms with E-state index < -0.39 is 5.60 Å². The molecule has 0 heterocycles. The second kappa shape index (κ2) is 2.88. The fourth-order valence-corrected chi connectivity index (χ4v) is 6.44. The summed E-state index contributed by atoms with van der Waals surface area (Å²) in [6, 6.07) is 0. The van der Waals surface area contributed by atoms with E-state index in [9.17, 15) is 9.90 Å². The van der Waals surface area contributed by atoms with Gasteiger partial charge in [-0.15, -0.1) is 0 Å². The average Bonchev–Trinajstić information content (AvgIpc) is 2.60. The highest BCUT2D eigenvalue weighted by molar-refractivity contribution is 9.13. The second-order valence-electron chi connectivity index (χ2n) is 5.39. The van der Waals surface area contributed by atoms with Gasteiger partial charge in [-0.25, -0.2) is 0 Å². The number of alkyl halides is 2. The largest absolute Gasteiger partial charge is 0.389 e. The van der Waals surface area contributed by atoms with Crippen molar-refractivity contribution in [2.45, 2.75) is 52.8 Å². The molecule has 4 atom stereocenters. The van der Waals surface area contributed by atoms with Gasteiger partial charge in [0.2, 0.25) is 0 Å². The van der Waals surface area contributed by atoms with Crippen molar-refractivity contribution in [1.82, 2.24) is 0 Å². The van der Waals surface area contributed by atoms with E-state index in [1.54, 1.807) is 0 Å². The van der Waals surface area contributed by atoms with Gasteiger partial charge in [-0.3, -0.25) is 4.79 Å². The van der Waals surface area contributed by atoms with Gasteiger partial charge in [0.05, 0.1) is 15.8 Å². The molecule has 0 aliphatic heterocycles. The van der Waals surface area contributed by atoms with E-state index >= 15 is 0 Å². The van der Waals surface area contributed by atoms with Crippen LogP contribution < -0.4 is 0 Å². The van der Waals surface area contributed by atoms with Gasteiger partial charge in [0, 0.05) is 10.7 Å². The molecule has 0 aromatic rings. The highest BCUT2D eigenvalue weighted by Gasteiger charge is 2.80. The zero-order valence-electron chi connectivity index (χ0n) is 8.43. The number of hydrogen-bond acceptors (Lipinski definition) is 2. The normalized spacial score (nSPS) is 58.3. The van der Waals surface area contributed by atoms with E-state index in [2.05, 4.69) is 31.9 Å². The number of halogens is 2. The summed E-state index contributed by atoms with van der Waals surface area (Å²) in [6.45, 7) is 0. The summed E-state index contributed by atoms with van der Waals surface area (Å²) in [5, 5.41) is 10.6. The van der Waals surface area contributed by atoms with Crippen molar-refractivity contribution in [3.05, 3.63) is 0 Å². The van der Waals surface area contributed by atoms with Gasteiger partial charge in [0.25, 0.3) is 0 Å². The minimum absolute atomic E-state index is 0.0214. The molecule has 0 aromatic carbocycles. The van der Waals surface area contributed by atoms with Gasteiger partial charge in [-0.2, -0.15) is 0 Å². The van der Waals surface area contributed by atoms with Crippen molar-refractivity contribution in [3.8, 4) is 0 Å². The molecule has 0 radical (unpaired) electrons. The quantitative estimate of drug-likeness (QED) is 0.690. The zero-order valence-corrected chi connectivity index (χ0v) is 11.6. The Balaban J connectivity index is 2.03. The van der Waals surface area contributed by atoms with E-state index in [1.807, 2.05) is 0 Å². The van der Waals surface area contributed by atoms with E-state index in [-0.39, 0.29) is 20.3 Å². The first-order chi connectivity index (χ1) is 6.91. The van der Waals surface area contributed by atoms with Crippen LogP contribution in [0, 0.1) is 5.92 Å². The number of aliphatic hydroxyl groups is 1. The molecule has 0 saturated heterocycles. The van der Waals surface area contributed by atoms with Crippen molar-refractivity contribution in [1.29, 1.82) is 0 Å². The van der Waals surface area contributed by atoms with Gasteiger partial charge in [0.15, 0.2) is 0 Å². The highest BCUT2D eigenvalue weighted by Crippen LogP contribution is 2.76. The number of fused-ring (bicyclic) bond motifs is 3. The molecule has 4 heteroatoms. The average molecular weight is 338 g/mol. The van der Waals surface area contributed by atoms with E-state index in [0.29, 0.717) is 6.42 Å². The minimum atomic E-state index is -0.751. The molecule has 0 unspecified atom stereocenters. The summed E-state index contributed by atoms with van der Waals surface area (Å²) in [5.41, 5.74) is -0.751. The third-order valence-corrected chi connectivity index (χ3v) is 7.64. The Kier molecular flexibility index (Phi) is 2.06. The zero-order chi connectivity index (χ0) is 10.9. The molecule has 0 aromatic heterocycles. The Hall–Kier alpha value is 0.590. The topological polar surface area (TPSA) is 37.3 Å². The SMILES string of the molecule is O=C1CCCC[C@@]2(O)C[C@]3(Br)C[C@]3(Br)[C@@H]12. The first kappa shape index (κ1) is 10.7. The minimum Gasteiger partial charge on any atom is -0.389 e. The Morgan fingerprint density at radius 2 is 2.00 bits per heavy atom. The van der Waals surface area contributed by atoms with E-state index in [4.69, 9.17) is 0 Å². The van der Waals surface area contributed by atoms with Crippen LogP contribution in [0.2, 0.25) is 0 Å². The first-order valence-corrected chi connectivity index (χ1v) is 7.13. The Morgan fingerprint density at radius 1 is 1.27 bits per heavy atom. The van der Waals surface area contributed by atoms with Gasteiger partial charge in [-0.1, -0.05) is 38.3 Å². The first-order valence-electron chi connectivity index (χ1n) is 5.54. The summed E-state index contributed by atoms with van der Waals surface area (Å²) in [6.07, 6.45) is 5.04. The Bertz CT molecular complexity index is 345. The van der Waals surface area contributed by atoms with Crippen LogP contribution in [0.25, 0.3) is 0 Å². The molecule has 2 nitrogen and oxygen atoms in total. The lowest BCUT2D eigenvalue weighted by Gasteiger charge is -2.31. The maximum atomic E-state index is 12.1. The van der Waals surface area contributed by atoms with Crippen molar-refractivity contribution in [2.75, 3.05) is 0 Å². The van der Waals surface area contributed by atoms with Crippen molar-refractivity contribution >= 4 is 37.6 Å². The fourth-order valence-electron chi connectivity index (χ4n) is 3.61. The number of hydrogen-bond donors (Lipinski definition) is 1. The monoisotopic (exact) mass is 336 g/mol. The van der Waals surface area contributed by atoms with Crippen LogP contribution >= 0.6 is 31.9 Å². The summed E-state index contributed by atoms with van der Waals surface area (Å²) >= 11 is 7.39. The van der Waals surface area contributed by atoms with Crippen LogP contribution in [0.3, 0.4) is 0 Å². The lowest BCUT2D eigenvalue weighted by molar-refractivity contribution is -0.130. The summed E-state index contributed by atoms with van der Waals surface area (Å²) in [5.74, 6) is 0.0672. The molecule has 15 heavy (non-hydrogen) atoms. The molecule has 3 rings (SSSR count). The molecular formula is C11H14Br2O2. The molecule has 3 aliphatic carbocycles. The predicted octanol–water partition coefficient (Wildman–Crippen LogP) is 2.55. The van der Waals surface area contributed by atoms with E-state index in [1.165, 1.54) is 0 Å². The van der Waals surface area contributed by atoms with Crippen LogP contribution in [0.1, 0.15) is 38.5 Å². The van der Waals surface area contributed by atoms with E-state index in [0.717, 1.165) is 32.1 Å². The van der Waals surface area contributed by atoms with Crippen LogP contribution in [-0.2, 0) is 4.79 Å². The number of Topliss-reactive ketones (excluding diaryl/α,β-unsaturated/α-hetero) is 1. The number of carbonyl (C=O) groups is 1. The summed E-state index contributed by atoms with van der Waals surface area (Å²) in [7, 11) is 0. The van der Waals surface area contributed by atoms with Crippen LogP contribution in [0.4, 0.5) is 0 Å². The van der Waals surface area contributed by atoms with Crippen LogP contribution in [0.5, 0.6) is 0 Å². The molecule has 0 bridgehead atoms. The molecular weight excluding hydrogens is 324 g/mol. The van der Waals surface area contributed by atoms with Gasteiger partial charge in [0.1, 0.15) is 5.78 Å². The third kappa shape index (κ3) is 1.22. The van der Waals surface area contributed by atoms with Crippen LogP contribution in [0.15, 0.2) is 0 Å². The second-order valence-corrected chi connectivity index (χ2v) is 8.32. The maximum Gasteiger partial charge on any atom is 0.140 e. The lowest BCUT2D eigenvalue weighted by atomic mass is 9.82. The standard InChI is InChI=1S/C11H14Br2O2/c12-10-5-9(15)4-2-1-3-7(14)8(9)11(10,13)6-10/h8,15H,1-6H2/t8-,9+,10-,11-/m0/s1. The molecule has 3 saturated carbocycles. The molecule has 1 N–H and O–H groups in total. The smallest absolute Gasteiger partial charge is 0.140 e. The predicted molar refractivity (Wildman–Crippen MR) is 64.5 cm³/mol. The summed E-state index contributed by atoms with van der Waals surface area (Å²) in [4.78, 5) is 12.1. The molecule has 84 valence electrons. The fraction of sp³-hybridized carbons (Fsp3) is 0.909. The van der Waals surface area contributed by atoms with Crippen molar-refractivity contribution in [3.63, 3.8) is 0 Å². The van der Waals surface area contributed by atoms with Gasteiger partial charge >= 0.3 is 0 Å². The number of ketones is 1. The molecule has 0 spiro atoms. The van der Waals surface area contributed by atoms with Crippen molar-refractivity contribution in [2.24, 2.45) is 5.92 Å². The number of rotatable bonds is 0. The highest BCUT2D eigenvalue weighted by atomic mass is 79.9. The Morgan fingerprint density at radius 3 is 2.73 bits per heavy atom. The molecule has 3 aliphatic rings. The van der Waals surface area contributed by atoms with Gasteiger partial charge < -0.3 is 5.11 Å². The van der Waals surface area contributed by atoms with Gasteiger partial charge in [-0.05, 0) is 25.7 Å². The van der Waals surface area contributed by atoms with Crippen LogP contribution in [-0.4, -0.2) is 25.1 Å². The summed E-state index contributed by atoms with van der Waals surface area (Å²) < 4.78 is -0.178. The molecule has 0 amide bonds. The molecule has 3 fully saturated rings. The third-order valence-electron chi connectivity index (χ3n) is 4.34. The Labute approximate surface area is 106 Å². The lowest BCUT2D eigenvalue weighted by Crippen LogP contribution is -2.42.